The maximum atomic E-state index is 12.2. The number of carboxylic acids is 1. The van der Waals surface area contributed by atoms with Crippen LogP contribution in [0, 0.1) is 0 Å². The smallest absolute Gasteiger partial charge is 0.408 e. The topological polar surface area (TPSA) is 68.0 Å². The third-order valence-electron chi connectivity index (χ3n) is 2.08. The monoisotopic (exact) mass is 245 g/mol. The van der Waals surface area contributed by atoms with Crippen molar-refractivity contribution in [3.05, 3.63) is 24.2 Å². The fourth-order valence-electron chi connectivity index (χ4n) is 1.39. The summed E-state index contributed by atoms with van der Waals surface area (Å²) in [6.45, 7) is -1.23. The molecule has 0 bridgehead atoms. The van der Waals surface area contributed by atoms with E-state index in [0.717, 1.165) is 10.9 Å². The Morgan fingerprint density at radius 3 is 2.71 bits per heavy atom. The third-order valence-corrected chi connectivity index (χ3v) is 2.08. The second kappa shape index (κ2) is 3.72. The average Bonchev–Trinajstić information content (AvgIpc) is 2.58. The van der Waals surface area contributed by atoms with Crippen molar-refractivity contribution in [2.45, 2.75) is 12.7 Å². The summed E-state index contributed by atoms with van der Waals surface area (Å²) in [5, 5.41) is 12.5. The summed E-state index contributed by atoms with van der Waals surface area (Å²) in [4.78, 5) is 14.2. The van der Waals surface area contributed by atoms with Crippen LogP contribution in [0.25, 0.3) is 10.9 Å². The van der Waals surface area contributed by atoms with Crippen LogP contribution in [0.5, 0.6) is 0 Å². The van der Waals surface area contributed by atoms with Crippen molar-refractivity contribution < 1.29 is 23.1 Å². The first kappa shape index (κ1) is 11.4. The Bertz CT molecular complexity index is 576. The molecule has 8 heteroatoms. The Hall–Kier alpha value is -2.12. The predicted octanol–water partition coefficient (Wildman–Crippen LogP) is 1.69. The van der Waals surface area contributed by atoms with Gasteiger partial charge in [-0.05, 0) is 6.07 Å². The van der Waals surface area contributed by atoms with Gasteiger partial charge in [-0.15, -0.1) is 0 Å². The van der Waals surface area contributed by atoms with Crippen molar-refractivity contribution in [1.29, 1.82) is 0 Å². The molecule has 0 aromatic carbocycles. The highest BCUT2D eigenvalue weighted by molar-refractivity contribution is 5.90. The number of carbonyl (C=O) groups is 1. The van der Waals surface area contributed by atoms with Crippen molar-refractivity contribution in [3.8, 4) is 0 Å². The number of rotatable bonds is 2. The van der Waals surface area contributed by atoms with Gasteiger partial charge in [0.15, 0.2) is 0 Å². The van der Waals surface area contributed by atoms with Gasteiger partial charge in [-0.3, -0.25) is 4.68 Å². The first-order valence-electron chi connectivity index (χ1n) is 4.48. The highest BCUT2D eigenvalue weighted by atomic mass is 19.4. The van der Waals surface area contributed by atoms with E-state index in [1.54, 1.807) is 0 Å². The number of halogens is 3. The maximum absolute atomic E-state index is 12.2. The minimum absolute atomic E-state index is 0.146. The van der Waals surface area contributed by atoms with E-state index in [1.165, 1.54) is 12.3 Å². The molecule has 90 valence electrons. The Morgan fingerprint density at radius 2 is 2.12 bits per heavy atom. The molecule has 0 saturated heterocycles. The molecule has 0 spiro atoms. The van der Waals surface area contributed by atoms with Crippen LogP contribution in [0.2, 0.25) is 0 Å². The molecule has 5 nitrogen and oxygen atoms in total. The van der Waals surface area contributed by atoms with Crippen molar-refractivity contribution in [1.82, 2.24) is 14.8 Å². The summed E-state index contributed by atoms with van der Waals surface area (Å²) < 4.78 is 37.3. The van der Waals surface area contributed by atoms with E-state index in [-0.39, 0.29) is 11.2 Å². The zero-order chi connectivity index (χ0) is 12.6. The molecule has 0 aliphatic heterocycles. The zero-order valence-corrected chi connectivity index (χ0v) is 8.27. The van der Waals surface area contributed by atoms with Crippen LogP contribution in [0.3, 0.4) is 0 Å². The summed E-state index contributed by atoms with van der Waals surface area (Å²) in [6, 6.07) is 1.18. The van der Waals surface area contributed by atoms with E-state index in [9.17, 15) is 18.0 Å². The van der Waals surface area contributed by atoms with Crippen molar-refractivity contribution >= 4 is 16.9 Å². The number of alkyl halides is 3. The van der Waals surface area contributed by atoms with Crippen LogP contribution in [0.15, 0.2) is 18.5 Å². The third kappa shape index (κ3) is 2.35. The van der Waals surface area contributed by atoms with E-state index in [0.29, 0.717) is 5.39 Å². The Balaban J connectivity index is 2.45. The molecule has 2 rings (SSSR count). The fraction of sp³-hybridized carbons (Fsp3) is 0.222. The van der Waals surface area contributed by atoms with Gasteiger partial charge in [-0.25, -0.2) is 9.78 Å². The van der Waals surface area contributed by atoms with Crippen LogP contribution in [0.1, 0.15) is 10.5 Å². The van der Waals surface area contributed by atoms with Gasteiger partial charge >= 0.3 is 12.1 Å². The average molecular weight is 245 g/mol. The summed E-state index contributed by atoms with van der Waals surface area (Å²) in [6.07, 6.45) is -2.14. The summed E-state index contributed by atoms with van der Waals surface area (Å²) in [7, 11) is 0. The van der Waals surface area contributed by atoms with Crippen LogP contribution < -0.4 is 0 Å². The lowest BCUT2D eigenvalue weighted by molar-refractivity contribution is -0.141. The molecule has 1 N–H and O–H groups in total. The Morgan fingerprint density at radius 1 is 1.41 bits per heavy atom. The van der Waals surface area contributed by atoms with Gasteiger partial charge in [-0.2, -0.15) is 18.3 Å². The maximum Gasteiger partial charge on any atom is 0.408 e. The molecule has 2 heterocycles. The number of hydrogen-bond donors (Lipinski definition) is 1. The first-order valence-corrected chi connectivity index (χ1v) is 4.48. The quantitative estimate of drug-likeness (QED) is 0.874. The lowest BCUT2D eigenvalue weighted by Crippen LogP contribution is -2.18. The van der Waals surface area contributed by atoms with Gasteiger partial charge in [0.25, 0.3) is 0 Å². The molecular weight excluding hydrogens is 239 g/mol. The van der Waals surface area contributed by atoms with E-state index < -0.39 is 18.7 Å². The van der Waals surface area contributed by atoms with Gasteiger partial charge < -0.3 is 5.11 Å². The van der Waals surface area contributed by atoms with E-state index >= 15 is 0 Å². The lowest BCUT2D eigenvalue weighted by atomic mass is 10.3. The highest BCUT2D eigenvalue weighted by Crippen LogP contribution is 2.21. The van der Waals surface area contributed by atoms with Crippen LogP contribution in [-0.4, -0.2) is 32.0 Å². The fourth-order valence-corrected chi connectivity index (χ4v) is 1.39. The van der Waals surface area contributed by atoms with Crippen LogP contribution >= 0.6 is 0 Å². The summed E-state index contributed by atoms with van der Waals surface area (Å²) in [5.41, 5.74) is -0.0867. The molecule has 2 aromatic rings. The van der Waals surface area contributed by atoms with Crippen LogP contribution in [-0.2, 0) is 6.54 Å². The Labute approximate surface area is 92.5 Å². The molecule has 0 radical (unpaired) electrons. The SMILES string of the molecule is O=C(O)c1cc2cnn(CC(F)(F)F)c2cn1. The molecule has 0 unspecified atom stereocenters. The van der Waals surface area contributed by atoms with Gasteiger partial charge in [-0.1, -0.05) is 0 Å². The van der Waals surface area contributed by atoms with Crippen LogP contribution in [0.4, 0.5) is 13.2 Å². The molecular formula is C9H6F3N3O2. The molecule has 2 aromatic heterocycles. The van der Waals surface area contributed by atoms with Gasteiger partial charge in [0, 0.05) is 5.39 Å². The standard InChI is InChI=1S/C9H6F3N3O2/c10-9(11,12)4-15-7-3-13-6(8(16)17)1-5(7)2-14-15/h1-3H,4H2,(H,16,17). The number of carboxylic acid groups (broad SMARTS) is 1. The normalized spacial score (nSPS) is 11.9. The van der Waals surface area contributed by atoms with E-state index in [1.807, 2.05) is 0 Å². The van der Waals surface area contributed by atoms with Crippen molar-refractivity contribution in [3.63, 3.8) is 0 Å². The predicted molar refractivity (Wildman–Crippen MR) is 50.5 cm³/mol. The largest absolute Gasteiger partial charge is 0.477 e. The number of aromatic carboxylic acids is 1. The van der Waals surface area contributed by atoms with E-state index in [4.69, 9.17) is 5.11 Å². The molecule has 0 fully saturated rings. The number of aromatic nitrogens is 3. The van der Waals surface area contributed by atoms with Crippen molar-refractivity contribution in [2.75, 3.05) is 0 Å². The summed E-state index contributed by atoms with van der Waals surface area (Å²) >= 11 is 0. The summed E-state index contributed by atoms with van der Waals surface area (Å²) in [5.74, 6) is -1.24. The molecule has 0 atom stereocenters. The van der Waals surface area contributed by atoms with E-state index in [2.05, 4.69) is 10.1 Å². The highest BCUT2D eigenvalue weighted by Gasteiger charge is 2.29. The zero-order valence-electron chi connectivity index (χ0n) is 8.27. The number of fused-ring (bicyclic) bond motifs is 1. The second-order valence-corrected chi connectivity index (χ2v) is 3.35. The number of nitrogens with zero attached hydrogens (tertiary/aromatic N) is 3. The van der Waals surface area contributed by atoms with Gasteiger partial charge in [0.2, 0.25) is 0 Å². The lowest BCUT2D eigenvalue weighted by Gasteiger charge is -2.06. The second-order valence-electron chi connectivity index (χ2n) is 3.35. The van der Waals surface area contributed by atoms with Gasteiger partial charge in [0.05, 0.1) is 17.9 Å². The Kier molecular flexibility index (Phi) is 2.49. The van der Waals surface area contributed by atoms with Crippen molar-refractivity contribution in [2.24, 2.45) is 0 Å². The minimum Gasteiger partial charge on any atom is -0.477 e. The molecule has 0 saturated carbocycles. The first-order chi connectivity index (χ1) is 7.87. The molecule has 0 aliphatic carbocycles. The minimum atomic E-state index is -4.38. The van der Waals surface area contributed by atoms with Gasteiger partial charge in [0.1, 0.15) is 12.2 Å². The molecule has 0 amide bonds. The number of hydrogen-bond acceptors (Lipinski definition) is 3. The molecule has 0 aliphatic rings. The number of pyridine rings is 1. The molecule has 17 heavy (non-hydrogen) atoms.